The van der Waals surface area contributed by atoms with E-state index in [9.17, 15) is 0 Å². The van der Waals surface area contributed by atoms with Crippen molar-refractivity contribution in [3.8, 4) is 84.3 Å². The van der Waals surface area contributed by atoms with E-state index in [0.29, 0.717) is 28.4 Å². The molecule has 88 heavy (non-hydrogen) atoms. The van der Waals surface area contributed by atoms with Gasteiger partial charge in [0.2, 0.25) is 0 Å². The molecule has 2 aliphatic rings. The van der Waals surface area contributed by atoms with Gasteiger partial charge in [0.1, 0.15) is 0 Å². The van der Waals surface area contributed by atoms with Gasteiger partial charge in [-0.15, -0.1) is 0 Å². The van der Waals surface area contributed by atoms with Crippen molar-refractivity contribution in [1.29, 1.82) is 0 Å². The number of aromatic nitrogens is 4. The quantitative estimate of drug-likeness (QED) is 0.142. The summed E-state index contributed by atoms with van der Waals surface area (Å²) >= 11 is 2.50. The first-order valence-electron chi connectivity index (χ1n) is 31.6. The fraction of sp³-hybridized carbons (Fsp3) is 0.122. The van der Waals surface area contributed by atoms with Crippen LogP contribution in [0.25, 0.3) is 106 Å². The van der Waals surface area contributed by atoms with Crippen LogP contribution in [0.1, 0.15) is 84.6 Å². The Morgan fingerprint density at radius 3 is 1.59 bits per heavy atom. The fourth-order valence-electron chi connectivity index (χ4n) is 14.0. The summed E-state index contributed by atoms with van der Waals surface area (Å²) in [7, 11) is 0. The van der Waals surface area contributed by atoms with Crippen molar-refractivity contribution < 1.29 is 28.2 Å². The molecule has 0 atom stereocenters. The molecular weight excluding hydrogens is 1250 g/mol. The Kier molecular flexibility index (Phi) is 11.6. The summed E-state index contributed by atoms with van der Waals surface area (Å²) in [5, 5.41) is 1.91. The van der Waals surface area contributed by atoms with E-state index >= 15 is 0 Å². The predicted octanol–water partition coefficient (Wildman–Crippen LogP) is 20.6. The van der Waals surface area contributed by atoms with Crippen molar-refractivity contribution in [3.63, 3.8) is 0 Å². The number of imidazole rings is 1. The molecule has 0 saturated heterocycles. The van der Waals surface area contributed by atoms with Gasteiger partial charge in [-0.1, -0.05) is 103 Å². The van der Waals surface area contributed by atoms with Gasteiger partial charge in [0, 0.05) is 15.9 Å². The van der Waals surface area contributed by atoms with E-state index in [0.717, 1.165) is 75.9 Å². The van der Waals surface area contributed by atoms with Gasteiger partial charge < -0.3 is 0 Å². The number of ether oxygens (including phenoxy) is 1. The van der Waals surface area contributed by atoms with Crippen LogP contribution in [0, 0.1) is 22.8 Å². The van der Waals surface area contributed by atoms with Crippen LogP contribution in [0.4, 0.5) is 0 Å². The molecule has 0 aliphatic heterocycles. The van der Waals surface area contributed by atoms with E-state index in [2.05, 4.69) is 275 Å². The van der Waals surface area contributed by atoms with E-state index in [1.807, 2.05) is 48.5 Å². The Bertz CT molecular complexity index is 5290. The standard InChI is InChI=1S/C82H62N4O.Pt/c1-52-42-78(83-50-69(52)54-26-12-9-13-27-54)86-76-47-60(40-41-66(76)68-48-67-65-32-16-19-37-72(65)82(73(67)49-77(68)86)70-35-17-14-30-63(70)64-31-15-18-36-71(64)82)87-59-29-22-28-58(46-59)84-51-85(75-39-21-20-38-74(75)84)79-61(53-24-10-8-11-25-53)33-23-34-62(79)55-43-56(80(2,3)4)45-57(44-55)81(5,6)7;/h8-45,48-50H,1-7H3;/q-2;/i1D3;. The summed E-state index contributed by atoms with van der Waals surface area (Å²) in [6.45, 7) is 11.3. The SMILES string of the molecule is [2H]C([2H])([2H])c1cc(-n2c3[c-]c(Oc4[c-]c(-n5[c](=[Pt])n(-c6c(-c7ccccc7)cccc6-c6cc(C(C)(C)C)cc(C(C)(C)C)c6)c6ccccc65)ccc4)ccc3c3cc4c(cc32)C2(c3ccccc3-c3ccccc32)c2ccccc2-4)ncc1-c1ccccc1. The summed E-state index contributed by atoms with van der Waals surface area (Å²) in [6.07, 6.45) is 1.71. The maximum absolute atomic E-state index is 8.98. The Balaban J connectivity index is 0.878. The third-order valence-corrected chi connectivity index (χ3v) is 19.2. The molecule has 0 N–H and O–H groups in total. The van der Waals surface area contributed by atoms with Crippen molar-refractivity contribution in [2.75, 3.05) is 0 Å². The number of rotatable bonds is 8. The van der Waals surface area contributed by atoms with E-state index in [1.54, 1.807) is 12.3 Å². The molecular formula is C82H62N4OPt-2. The number of nitrogens with zero attached hydrogens (tertiary/aromatic N) is 4. The molecule has 0 fully saturated rings. The Hall–Kier alpha value is -9.67. The molecule has 14 aromatic rings. The molecule has 0 radical (unpaired) electrons. The molecule has 0 saturated carbocycles. The Labute approximate surface area is 529 Å². The van der Waals surface area contributed by atoms with Crippen LogP contribution in [0.15, 0.2) is 249 Å². The zero-order chi connectivity index (χ0) is 62.3. The number of fused-ring (bicyclic) bond motifs is 14. The number of aryl methyl sites for hydroxylation is 1. The summed E-state index contributed by atoms with van der Waals surface area (Å²) in [5.74, 6) is 1.42. The zero-order valence-electron chi connectivity index (χ0n) is 52.7. The van der Waals surface area contributed by atoms with Crippen LogP contribution in [0.5, 0.6) is 11.5 Å². The molecule has 5 nitrogen and oxygen atoms in total. The first-order valence-corrected chi connectivity index (χ1v) is 31.2. The van der Waals surface area contributed by atoms with Crippen molar-refractivity contribution in [2.24, 2.45) is 0 Å². The Morgan fingerprint density at radius 2 is 0.966 bits per heavy atom. The molecule has 11 aromatic carbocycles. The molecule has 3 aromatic heterocycles. The molecule has 428 valence electrons. The smallest absolute Gasteiger partial charge is 0.0622 e. The summed E-state index contributed by atoms with van der Waals surface area (Å²) in [5.41, 5.74) is 23.0. The monoisotopic (exact) mass is 1320 g/mol. The normalized spacial score (nSPS) is 13.8. The minimum Gasteiger partial charge on any atom is -0.0622 e. The van der Waals surface area contributed by atoms with Gasteiger partial charge in [0.25, 0.3) is 0 Å². The predicted molar refractivity (Wildman–Crippen MR) is 357 cm³/mol. The second-order valence-electron chi connectivity index (χ2n) is 25.4. The van der Waals surface area contributed by atoms with Crippen molar-refractivity contribution >= 4 is 32.8 Å². The molecule has 0 amide bonds. The first kappa shape index (κ1) is 50.5. The van der Waals surface area contributed by atoms with Crippen molar-refractivity contribution in [1.82, 2.24) is 18.7 Å². The van der Waals surface area contributed by atoms with Gasteiger partial charge in [-0.2, -0.15) is 0 Å². The Morgan fingerprint density at radius 1 is 0.432 bits per heavy atom. The molecule has 0 unspecified atom stereocenters. The van der Waals surface area contributed by atoms with E-state index in [4.69, 9.17) is 13.8 Å². The third-order valence-electron chi connectivity index (χ3n) is 18.2. The minimum absolute atomic E-state index is 0.0816. The second-order valence-corrected chi connectivity index (χ2v) is 26.5. The third kappa shape index (κ3) is 8.31. The number of pyridine rings is 1. The van der Waals surface area contributed by atoms with Crippen LogP contribution in [-0.2, 0) is 35.6 Å². The fourth-order valence-corrected chi connectivity index (χ4v) is 15.1. The maximum atomic E-state index is 8.98. The summed E-state index contributed by atoms with van der Waals surface area (Å²) in [6, 6.07) is 93.3. The van der Waals surface area contributed by atoms with Gasteiger partial charge in [0.15, 0.2) is 0 Å². The molecule has 6 heteroatoms. The molecule has 3 heterocycles. The summed E-state index contributed by atoms with van der Waals surface area (Å²) in [4.78, 5) is 5.19. The van der Waals surface area contributed by atoms with E-state index < -0.39 is 12.3 Å². The van der Waals surface area contributed by atoms with Crippen molar-refractivity contribution in [3.05, 3.63) is 304 Å². The molecule has 1 spiro atoms. The van der Waals surface area contributed by atoms with Crippen LogP contribution in [-0.4, -0.2) is 18.7 Å². The van der Waals surface area contributed by atoms with Crippen LogP contribution < -0.4 is 4.74 Å². The number of benzene rings is 11. The second kappa shape index (κ2) is 20.2. The van der Waals surface area contributed by atoms with Gasteiger partial charge >= 0.3 is 346 Å². The number of para-hydroxylation sites is 3. The number of hydrogen-bond acceptors (Lipinski definition) is 2. The molecule has 16 rings (SSSR count). The van der Waals surface area contributed by atoms with Gasteiger partial charge in [-0.05, 0) is 62.5 Å². The zero-order valence-corrected chi connectivity index (χ0v) is 52.0. The summed E-state index contributed by atoms with van der Waals surface area (Å²) < 4.78 is 41.6. The average molecular weight is 1320 g/mol. The van der Waals surface area contributed by atoms with Crippen molar-refractivity contribution in [2.45, 2.75) is 64.6 Å². The molecule has 0 bridgehead atoms. The first-order chi connectivity index (χ1) is 43.9. The van der Waals surface area contributed by atoms with Gasteiger partial charge in [-0.3, -0.25) is 0 Å². The number of hydrogen-bond donors (Lipinski definition) is 0. The van der Waals surface area contributed by atoms with Gasteiger partial charge in [0.05, 0.1) is 5.41 Å². The van der Waals surface area contributed by atoms with Crippen LogP contribution >= 0.6 is 0 Å². The van der Waals surface area contributed by atoms with Crippen LogP contribution in [0.3, 0.4) is 0 Å². The minimum atomic E-state index is -2.46. The molecule has 2 aliphatic carbocycles. The topological polar surface area (TPSA) is 36.9 Å². The average Bonchev–Trinajstić information content (AvgIpc) is 1.51. The van der Waals surface area contributed by atoms with E-state index in [-0.39, 0.29) is 16.4 Å². The van der Waals surface area contributed by atoms with E-state index in [1.165, 1.54) is 50.1 Å². The van der Waals surface area contributed by atoms with Crippen LogP contribution in [0.2, 0.25) is 0 Å². The van der Waals surface area contributed by atoms with Gasteiger partial charge in [-0.25, -0.2) is 0 Å².